The molecule has 3 aromatic rings. The fourth-order valence-corrected chi connectivity index (χ4v) is 2.82. The molecule has 0 saturated heterocycles. The maximum atomic E-state index is 12.7. The lowest BCUT2D eigenvalue weighted by molar-refractivity contribution is 0.415. The van der Waals surface area contributed by atoms with Crippen molar-refractivity contribution >= 4 is 10.8 Å². The van der Waals surface area contributed by atoms with Crippen molar-refractivity contribution in [3.63, 3.8) is 0 Å². The highest BCUT2D eigenvalue weighted by molar-refractivity contribution is 5.82. The molecule has 1 aromatic heterocycles. The number of hydrogen-bond acceptors (Lipinski definition) is 2. The molecule has 124 valence electrons. The average Bonchev–Trinajstić information content (AvgIpc) is 2.57. The van der Waals surface area contributed by atoms with Gasteiger partial charge in [0.25, 0.3) is 5.56 Å². The second kappa shape index (κ2) is 6.16. The monoisotopic (exact) mass is 321 g/mol. The van der Waals surface area contributed by atoms with E-state index in [1.807, 2.05) is 30.5 Å². The van der Waals surface area contributed by atoms with E-state index in [9.17, 15) is 4.79 Å². The molecule has 0 radical (unpaired) electrons. The van der Waals surface area contributed by atoms with Gasteiger partial charge in [-0.3, -0.25) is 4.79 Å². The van der Waals surface area contributed by atoms with E-state index < -0.39 is 0 Å². The SMILES string of the molecule is COc1ccc2c(=O)n(Cc3ccc(C(C)(C)C)cc3)ccc2c1. The van der Waals surface area contributed by atoms with Crippen LogP contribution in [0.2, 0.25) is 0 Å². The lowest BCUT2D eigenvalue weighted by Gasteiger charge is -2.19. The molecule has 3 nitrogen and oxygen atoms in total. The summed E-state index contributed by atoms with van der Waals surface area (Å²) in [7, 11) is 1.63. The van der Waals surface area contributed by atoms with Crippen LogP contribution in [0.15, 0.2) is 59.5 Å². The summed E-state index contributed by atoms with van der Waals surface area (Å²) in [4.78, 5) is 12.7. The van der Waals surface area contributed by atoms with E-state index in [2.05, 4.69) is 45.0 Å². The second-order valence-corrected chi connectivity index (χ2v) is 7.15. The fourth-order valence-electron chi connectivity index (χ4n) is 2.82. The molecule has 1 heterocycles. The maximum Gasteiger partial charge on any atom is 0.258 e. The maximum absolute atomic E-state index is 12.7. The highest BCUT2D eigenvalue weighted by Crippen LogP contribution is 2.22. The Hall–Kier alpha value is -2.55. The third-order valence-corrected chi connectivity index (χ3v) is 4.36. The van der Waals surface area contributed by atoms with Crippen LogP contribution in [0.5, 0.6) is 5.75 Å². The normalized spacial score (nSPS) is 11.7. The first kappa shape index (κ1) is 16.3. The standard InChI is InChI=1S/C21H23NO2/c1-21(2,3)17-7-5-15(6-8-17)14-22-12-11-16-13-18(24-4)9-10-19(16)20(22)23/h5-13H,14H2,1-4H3. The molecule has 0 bridgehead atoms. The second-order valence-electron chi connectivity index (χ2n) is 7.15. The van der Waals surface area contributed by atoms with E-state index in [1.165, 1.54) is 5.56 Å². The number of rotatable bonds is 3. The Morgan fingerprint density at radius 2 is 1.71 bits per heavy atom. The lowest BCUT2D eigenvalue weighted by Crippen LogP contribution is -2.20. The van der Waals surface area contributed by atoms with Crippen molar-refractivity contribution in [3.05, 3.63) is 76.2 Å². The zero-order valence-corrected chi connectivity index (χ0v) is 14.7. The molecule has 3 rings (SSSR count). The molecule has 3 heteroatoms. The highest BCUT2D eigenvalue weighted by atomic mass is 16.5. The van der Waals surface area contributed by atoms with Crippen molar-refractivity contribution in [2.24, 2.45) is 0 Å². The molecular formula is C21H23NO2. The number of benzene rings is 2. The molecule has 0 atom stereocenters. The lowest BCUT2D eigenvalue weighted by atomic mass is 9.87. The van der Waals surface area contributed by atoms with Gasteiger partial charge in [-0.1, -0.05) is 45.0 Å². The number of methoxy groups -OCH3 is 1. The van der Waals surface area contributed by atoms with Crippen molar-refractivity contribution in [3.8, 4) is 5.75 Å². The number of ether oxygens (including phenoxy) is 1. The Balaban J connectivity index is 1.93. The largest absolute Gasteiger partial charge is 0.497 e. The Morgan fingerprint density at radius 3 is 2.33 bits per heavy atom. The Morgan fingerprint density at radius 1 is 1.00 bits per heavy atom. The van der Waals surface area contributed by atoms with Crippen LogP contribution in [0.3, 0.4) is 0 Å². The molecule has 24 heavy (non-hydrogen) atoms. The quantitative estimate of drug-likeness (QED) is 0.718. The predicted octanol–water partition coefficient (Wildman–Crippen LogP) is 4.36. The number of nitrogens with zero attached hydrogens (tertiary/aromatic N) is 1. The van der Waals surface area contributed by atoms with Gasteiger partial charge in [0.15, 0.2) is 0 Å². The van der Waals surface area contributed by atoms with E-state index in [4.69, 9.17) is 4.74 Å². The van der Waals surface area contributed by atoms with Gasteiger partial charge in [0.2, 0.25) is 0 Å². The van der Waals surface area contributed by atoms with Gasteiger partial charge in [-0.25, -0.2) is 0 Å². The smallest absolute Gasteiger partial charge is 0.258 e. The molecule has 0 aliphatic heterocycles. The molecule has 2 aromatic carbocycles. The first-order valence-corrected chi connectivity index (χ1v) is 8.15. The number of aromatic nitrogens is 1. The molecule has 0 aliphatic carbocycles. The van der Waals surface area contributed by atoms with Gasteiger partial charge in [-0.05, 0) is 46.2 Å². The third-order valence-electron chi connectivity index (χ3n) is 4.36. The van der Waals surface area contributed by atoms with Crippen LogP contribution in [-0.4, -0.2) is 11.7 Å². The van der Waals surface area contributed by atoms with Gasteiger partial charge in [0.05, 0.1) is 13.7 Å². The van der Waals surface area contributed by atoms with Crippen molar-refractivity contribution in [2.45, 2.75) is 32.7 Å². The summed E-state index contributed by atoms with van der Waals surface area (Å²) in [6, 6.07) is 16.0. The van der Waals surface area contributed by atoms with E-state index in [0.717, 1.165) is 16.7 Å². The summed E-state index contributed by atoms with van der Waals surface area (Å²) in [5.41, 5.74) is 2.58. The van der Waals surface area contributed by atoms with Crippen LogP contribution in [0.25, 0.3) is 10.8 Å². The van der Waals surface area contributed by atoms with Crippen molar-refractivity contribution in [1.29, 1.82) is 0 Å². The fraction of sp³-hybridized carbons (Fsp3) is 0.286. The van der Waals surface area contributed by atoms with Gasteiger partial charge in [0.1, 0.15) is 5.75 Å². The molecule has 0 unspecified atom stereocenters. The number of fused-ring (bicyclic) bond motifs is 1. The van der Waals surface area contributed by atoms with Gasteiger partial charge in [0, 0.05) is 11.6 Å². The highest BCUT2D eigenvalue weighted by Gasteiger charge is 2.13. The topological polar surface area (TPSA) is 31.2 Å². The summed E-state index contributed by atoms with van der Waals surface area (Å²) in [5.74, 6) is 0.761. The molecule has 0 fully saturated rings. The predicted molar refractivity (Wildman–Crippen MR) is 99.0 cm³/mol. The van der Waals surface area contributed by atoms with Crippen molar-refractivity contribution < 1.29 is 4.74 Å². The van der Waals surface area contributed by atoms with Gasteiger partial charge in [-0.2, -0.15) is 0 Å². The van der Waals surface area contributed by atoms with Crippen LogP contribution in [0.4, 0.5) is 0 Å². The average molecular weight is 321 g/mol. The molecule has 0 spiro atoms. The minimum atomic E-state index is 0.0232. The summed E-state index contributed by atoms with van der Waals surface area (Å²) in [6.07, 6.45) is 1.85. The van der Waals surface area contributed by atoms with E-state index >= 15 is 0 Å². The Bertz CT molecular complexity index is 915. The molecule has 0 saturated carbocycles. The molecule has 0 amide bonds. The summed E-state index contributed by atoms with van der Waals surface area (Å²) >= 11 is 0. The van der Waals surface area contributed by atoms with E-state index in [-0.39, 0.29) is 11.0 Å². The Kier molecular flexibility index (Phi) is 4.18. The first-order chi connectivity index (χ1) is 11.4. The third kappa shape index (κ3) is 3.21. The van der Waals surface area contributed by atoms with Crippen LogP contribution >= 0.6 is 0 Å². The van der Waals surface area contributed by atoms with E-state index in [1.54, 1.807) is 11.7 Å². The van der Waals surface area contributed by atoms with E-state index in [0.29, 0.717) is 11.9 Å². The summed E-state index contributed by atoms with van der Waals surface area (Å²) in [6.45, 7) is 7.17. The first-order valence-electron chi connectivity index (χ1n) is 8.15. The van der Waals surface area contributed by atoms with Crippen LogP contribution in [0, 0.1) is 0 Å². The number of hydrogen-bond donors (Lipinski definition) is 0. The summed E-state index contributed by atoms with van der Waals surface area (Å²) < 4.78 is 6.97. The zero-order valence-electron chi connectivity index (χ0n) is 14.7. The number of pyridine rings is 1. The van der Waals surface area contributed by atoms with Crippen LogP contribution in [-0.2, 0) is 12.0 Å². The van der Waals surface area contributed by atoms with Gasteiger partial charge < -0.3 is 9.30 Å². The minimum Gasteiger partial charge on any atom is -0.497 e. The van der Waals surface area contributed by atoms with Crippen molar-refractivity contribution in [1.82, 2.24) is 4.57 Å². The van der Waals surface area contributed by atoms with Crippen molar-refractivity contribution in [2.75, 3.05) is 7.11 Å². The molecular weight excluding hydrogens is 298 g/mol. The van der Waals surface area contributed by atoms with Crippen LogP contribution in [0.1, 0.15) is 31.9 Å². The summed E-state index contributed by atoms with van der Waals surface area (Å²) in [5, 5.41) is 1.61. The van der Waals surface area contributed by atoms with Gasteiger partial charge in [-0.15, -0.1) is 0 Å². The molecule has 0 aliphatic rings. The Labute approximate surface area is 142 Å². The van der Waals surface area contributed by atoms with Gasteiger partial charge >= 0.3 is 0 Å². The zero-order chi connectivity index (χ0) is 17.3. The minimum absolute atomic E-state index is 0.0232. The van der Waals surface area contributed by atoms with Crippen LogP contribution < -0.4 is 10.3 Å². The molecule has 0 N–H and O–H groups in total.